The van der Waals surface area contributed by atoms with Crippen LogP contribution in [0.4, 0.5) is 10.5 Å². The van der Waals surface area contributed by atoms with Gasteiger partial charge in [-0.25, -0.2) is 4.79 Å². The Bertz CT molecular complexity index is 865. The molecule has 0 aliphatic carbocycles. The summed E-state index contributed by atoms with van der Waals surface area (Å²) in [6.07, 6.45) is 3.69. The molecule has 8 heteroatoms. The molecule has 2 N–H and O–H groups in total. The molecule has 166 valence electrons. The van der Waals surface area contributed by atoms with Crippen LogP contribution in [-0.4, -0.2) is 78.4 Å². The quantitative estimate of drug-likeness (QED) is 0.712. The van der Waals surface area contributed by atoms with Crippen molar-refractivity contribution in [2.75, 3.05) is 52.1 Å². The number of nitrogens with zero attached hydrogens (tertiary/aromatic N) is 4. The molecule has 1 aromatic heterocycles. The number of hydrogen-bond acceptors (Lipinski definition) is 5. The molecular weight excluding hydrogens is 392 g/mol. The second kappa shape index (κ2) is 10.9. The number of piperazine rings is 1. The predicted octanol–water partition coefficient (Wildman–Crippen LogP) is 2.17. The fourth-order valence-electron chi connectivity index (χ4n) is 3.68. The van der Waals surface area contributed by atoms with Gasteiger partial charge in [0.25, 0.3) is 0 Å². The van der Waals surface area contributed by atoms with Crippen LogP contribution in [0.5, 0.6) is 0 Å². The molecule has 1 aliphatic rings. The minimum atomic E-state index is -0.0652. The Morgan fingerprint density at radius 1 is 1.13 bits per heavy atom. The zero-order valence-corrected chi connectivity index (χ0v) is 18.5. The van der Waals surface area contributed by atoms with Gasteiger partial charge in [-0.3, -0.25) is 14.7 Å². The molecule has 0 spiro atoms. The minimum Gasteiger partial charge on any atom is -0.334 e. The highest BCUT2D eigenvalue weighted by molar-refractivity contribution is 5.92. The van der Waals surface area contributed by atoms with E-state index in [-0.39, 0.29) is 18.0 Å². The van der Waals surface area contributed by atoms with Gasteiger partial charge in [-0.05, 0) is 50.3 Å². The zero-order chi connectivity index (χ0) is 22.2. The highest BCUT2D eigenvalue weighted by Gasteiger charge is 2.24. The van der Waals surface area contributed by atoms with E-state index in [1.165, 1.54) is 5.56 Å². The summed E-state index contributed by atoms with van der Waals surface area (Å²) in [4.78, 5) is 34.8. The Labute approximate surface area is 184 Å². The Hall–Kier alpha value is -2.97. The topological polar surface area (TPSA) is 80.8 Å². The van der Waals surface area contributed by atoms with Crippen molar-refractivity contribution >= 4 is 17.6 Å². The van der Waals surface area contributed by atoms with Crippen molar-refractivity contribution in [3.8, 4) is 0 Å². The van der Waals surface area contributed by atoms with Crippen LogP contribution < -0.4 is 10.6 Å². The van der Waals surface area contributed by atoms with Crippen molar-refractivity contribution in [3.63, 3.8) is 0 Å². The van der Waals surface area contributed by atoms with Crippen LogP contribution in [0.15, 0.2) is 48.8 Å². The minimum absolute atomic E-state index is 0.0595. The number of benzene rings is 1. The van der Waals surface area contributed by atoms with Crippen LogP contribution >= 0.6 is 0 Å². The lowest BCUT2D eigenvalue weighted by molar-refractivity contribution is -0.116. The maximum absolute atomic E-state index is 12.6. The number of anilines is 1. The van der Waals surface area contributed by atoms with E-state index in [1.54, 1.807) is 6.20 Å². The SMILES string of the molecule is CC(c1cccnc1)N1CCN(C(=O)NCc2cccc(NC(=O)CN(C)C)c2)CC1. The van der Waals surface area contributed by atoms with Gasteiger partial charge in [0.15, 0.2) is 0 Å². The molecule has 2 heterocycles. The van der Waals surface area contributed by atoms with Crippen molar-refractivity contribution in [3.05, 3.63) is 59.9 Å². The number of likely N-dealkylation sites (N-methyl/N-ethyl adjacent to an activating group) is 1. The number of urea groups is 1. The van der Waals surface area contributed by atoms with Gasteiger partial charge >= 0.3 is 6.03 Å². The molecule has 1 aliphatic heterocycles. The molecule has 0 radical (unpaired) electrons. The lowest BCUT2D eigenvalue weighted by Gasteiger charge is -2.38. The molecule has 0 saturated carbocycles. The molecule has 1 unspecified atom stereocenters. The van der Waals surface area contributed by atoms with E-state index in [1.807, 2.05) is 60.4 Å². The molecule has 1 saturated heterocycles. The van der Waals surface area contributed by atoms with Gasteiger partial charge in [0.1, 0.15) is 0 Å². The summed E-state index contributed by atoms with van der Waals surface area (Å²) in [6, 6.07) is 11.8. The summed E-state index contributed by atoms with van der Waals surface area (Å²) in [7, 11) is 3.70. The molecule has 3 amide bonds. The molecule has 31 heavy (non-hydrogen) atoms. The zero-order valence-electron chi connectivity index (χ0n) is 18.5. The predicted molar refractivity (Wildman–Crippen MR) is 122 cm³/mol. The first-order valence-corrected chi connectivity index (χ1v) is 10.6. The van der Waals surface area contributed by atoms with Crippen molar-refractivity contribution in [1.29, 1.82) is 0 Å². The van der Waals surface area contributed by atoms with Crippen LogP contribution in [-0.2, 0) is 11.3 Å². The number of aromatic nitrogens is 1. The Balaban J connectivity index is 1.45. The summed E-state index contributed by atoms with van der Waals surface area (Å²) >= 11 is 0. The third kappa shape index (κ3) is 6.77. The third-order valence-electron chi connectivity index (χ3n) is 5.43. The smallest absolute Gasteiger partial charge is 0.317 e. The average Bonchev–Trinajstić information content (AvgIpc) is 2.77. The lowest BCUT2D eigenvalue weighted by atomic mass is 10.1. The van der Waals surface area contributed by atoms with Crippen molar-refractivity contribution in [2.24, 2.45) is 0 Å². The largest absolute Gasteiger partial charge is 0.334 e. The number of pyridine rings is 1. The fourth-order valence-corrected chi connectivity index (χ4v) is 3.68. The number of carbonyl (C=O) groups is 2. The molecule has 1 fully saturated rings. The van der Waals surface area contributed by atoms with Crippen molar-refractivity contribution in [2.45, 2.75) is 19.5 Å². The molecule has 1 atom stereocenters. The number of nitrogens with one attached hydrogen (secondary N) is 2. The second-order valence-corrected chi connectivity index (χ2v) is 8.13. The lowest BCUT2D eigenvalue weighted by Crippen LogP contribution is -2.52. The van der Waals surface area contributed by atoms with E-state index < -0.39 is 0 Å². The highest BCUT2D eigenvalue weighted by atomic mass is 16.2. The number of rotatable bonds is 7. The van der Waals surface area contributed by atoms with E-state index in [0.29, 0.717) is 26.2 Å². The maximum Gasteiger partial charge on any atom is 0.317 e. The van der Waals surface area contributed by atoms with E-state index in [2.05, 4.69) is 33.5 Å². The van der Waals surface area contributed by atoms with E-state index in [0.717, 1.165) is 24.3 Å². The van der Waals surface area contributed by atoms with E-state index >= 15 is 0 Å². The highest BCUT2D eigenvalue weighted by Crippen LogP contribution is 2.20. The summed E-state index contributed by atoms with van der Waals surface area (Å²) in [6.45, 7) is 5.97. The van der Waals surface area contributed by atoms with E-state index in [9.17, 15) is 9.59 Å². The molecule has 0 bridgehead atoms. The molecular formula is C23H32N6O2. The standard InChI is InChI=1S/C23H32N6O2/c1-18(20-7-5-9-24-16-20)28-10-12-29(13-11-28)23(31)25-15-19-6-4-8-21(14-19)26-22(30)17-27(2)3/h4-9,14,16,18H,10-13,15,17H2,1-3H3,(H,25,31)(H,26,30). The van der Waals surface area contributed by atoms with Crippen molar-refractivity contribution in [1.82, 2.24) is 25.0 Å². The normalized spacial score (nSPS) is 15.5. The molecule has 3 rings (SSSR count). The van der Waals surface area contributed by atoms with Gasteiger partial charge in [-0.1, -0.05) is 18.2 Å². The second-order valence-electron chi connectivity index (χ2n) is 8.13. The first-order chi connectivity index (χ1) is 14.9. The van der Waals surface area contributed by atoms with Crippen molar-refractivity contribution < 1.29 is 9.59 Å². The summed E-state index contributed by atoms with van der Waals surface area (Å²) < 4.78 is 0. The fraction of sp³-hybridized carbons (Fsp3) is 0.435. The summed E-state index contributed by atoms with van der Waals surface area (Å²) in [5.41, 5.74) is 2.87. The average molecular weight is 425 g/mol. The van der Waals surface area contributed by atoms with Gasteiger partial charge in [0.05, 0.1) is 6.54 Å². The van der Waals surface area contributed by atoms with E-state index in [4.69, 9.17) is 0 Å². The first-order valence-electron chi connectivity index (χ1n) is 10.6. The van der Waals surface area contributed by atoms with Crippen LogP contribution in [0.2, 0.25) is 0 Å². The van der Waals surface area contributed by atoms with Gasteiger partial charge in [0, 0.05) is 56.8 Å². The van der Waals surface area contributed by atoms with Gasteiger partial charge < -0.3 is 20.4 Å². The Kier molecular flexibility index (Phi) is 7.97. The Morgan fingerprint density at radius 2 is 1.90 bits per heavy atom. The van der Waals surface area contributed by atoms with Crippen LogP contribution in [0, 0.1) is 0 Å². The monoisotopic (exact) mass is 424 g/mol. The first kappa shape index (κ1) is 22.7. The maximum atomic E-state index is 12.6. The van der Waals surface area contributed by atoms with Gasteiger partial charge in [-0.2, -0.15) is 0 Å². The molecule has 1 aromatic carbocycles. The molecule has 8 nitrogen and oxygen atoms in total. The number of carbonyl (C=O) groups excluding carboxylic acids is 2. The van der Waals surface area contributed by atoms with Crippen LogP contribution in [0.25, 0.3) is 0 Å². The summed E-state index contributed by atoms with van der Waals surface area (Å²) in [5.74, 6) is -0.0652. The van der Waals surface area contributed by atoms with Crippen LogP contribution in [0.1, 0.15) is 24.1 Å². The number of amides is 3. The summed E-state index contributed by atoms with van der Waals surface area (Å²) in [5, 5.41) is 5.87. The third-order valence-corrected chi connectivity index (χ3v) is 5.43. The van der Waals surface area contributed by atoms with Gasteiger partial charge in [0.2, 0.25) is 5.91 Å². The Morgan fingerprint density at radius 3 is 2.58 bits per heavy atom. The number of hydrogen-bond donors (Lipinski definition) is 2. The van der Waals surface area contributed by atoms with Crippen LogP contribution in [0.3, 0.4) is 0 Å². The van der Waals surface area contributed by atoms with Gasteiger partial charge in [-0.15, -0.1) is 0 Å². The molecule has 2 aromatic rings.